The fraction of sp³-hybridized carbons (Fsp3) is 0.407. The zero-order valence-corrected chi connectivity index (χ0v) is 18.6. The number of carbonyl (C=O) groups is 2. The number of carbonyl (C=O) groups excluding carboxylic acids is 2. The Labute approximate surface area is 192 Å². The summed E-state index contributed by atoms with van der Waals surface area (Å²) in [4.78, 5) is 28.8. The Morgan fingerprint density at radius 2 is 2.06 bits per heavy atom. The van der Waals surface area contributed by atoms with Crippen molar-refractivity contribution in [3.05, 3.63) is 71.4 Å². The molecule has 2 heterocycles. The quantitative estimate of drug-likeness (QED) is 0.727. The Balaban J connectivity index is 1.52. The molecule has 2 fully saturated rings. The Morgan fingerprint density at radius 1 is 1.24 bits per heavy atom. The van der Waals surface area contributed by atoms with Gasteiger partial charge in [0.1, 0.15) is 5.60 Å². The van der Waals surface area contributed by atoms with Gasteiger partial charge >= 0.3 is 5.97 Å². The van der Waals surface area contributed by atoms with E-state index >= 15 is 0 Å². The first-order valence-electron chi connectivity index (χ1n) is 11.7. The summed E-state index contributed by atoms with van der Waals surface area (Å²) in [5, 5.41) is 10.6. The predicted molar refractivity (Wildman–Crippen MR) is 121 cm³/mol. The van der Waals surface area contributed by atoms with Gasteiger partial charge in [-0.1, -0.05) is 42.5 Å². The highest BCUT2D eigenvalue weighted by Gasteiger charge is 2.75. The molecule has 1 unspecified atom stereocenters. The third-order valence-corrected chi connectivity index (χ3v) is 8.09. The van der Waals surface area contributed by atoms with Crippen LogP contribution < -0.4 is 4.74 Å². The smallest absolute Gasteiger partial charge is 0.310 e. The monoisotopic (exact) mass is 445 g/mol. The minimum absolute atomic E-state index is 0.0198. The first-order chi connectivity index (χ1) is 16.0. The summed E-state index contributed by atoms with van der Waals surface area (Å²) in [6, 6.07) is 13.1. The number of hydrogen-bond acceptors (Lipinski definition) is 6. The number of hydrogen-bond donors (Lipinski definition) is 1. The number of nitrogens with zero attached hydrogens (tertiary/aromatic N) is 1. The molecule has 33 heavy (non-hydrogen) atoms. The van der Waals surface area contributed by atoms with Gasteiger partial charge in [0.25, 0.3) is 0 Å². The van der Waals surface area contributed by atoms with E-state index in [9.17, 15) is 14.7 Å². The van der Waals surface area contributed by atoms with Crippen molar-refractivity contribution in [2.45, 2.75) is 62.2 Å². The first kappa shape index (κ1) is 20.3. The van der Waals surface area contributed by atoms with Gasteiger partial charge < -0.3 is 19.5 Å². The van der Waals surface area contributed by atoms with Gasteiger partial charge in [-0.05, 0) is 49.6 Å². The number of rotatable bonds is 4. The van der Waals surface area contributed by atoms with Gasteiger partial charge in [0.05, 0.1) is 17.9 Å². The molecule has 6 nitrogen and oxygen atoms in total. The fourth-order valence-corrected chi connectivity index (χ4v) is 6.91. The second-order valence-corrected chi connectivity index (χ2v) is 9.60. The zero-order chi connectivity index (χ0) is 22.8. The van der Waals surface area contributed by atoms with Crippen molar-refractivity contribution in [3.63, 3.8) is 0 Å². The Hall–Kier alpha value is -3.28. The highest BCUT2D eigenvalue weighted by atomic mass is 16.6. The van der Waals surface area contributed by atoms with Crippen LogP contribution in [0.15, 0.2) is 54.7 Å². The number of likely N-dealkylation sites (tertiary alicyclic amines) is 1. The highest BCUT2D eigenvalue weighted by Crippen LogP contribution is 2.66. The number of ether oxygens (including phenoxy) is 2. The number of benzene rings is 2. The largest absolute Gasteiger partial charge is 0.504 e. The van der Waals surface area contributed by atoms with E-state index in [1.807, 2.05) is 49.4 Å². The number of allylic oxidation sites excluding steroid dienone is 1. The first-order valence-corrected chi connectivity index (χ1v) is 11.7. The maximum atomic E-state index is 13.4. The normalized spacial score (nSPS) is 31.3. The standard InChI is InChI=1S/C27H27NO5/c1-2-13-28-14-12-26-23-18-8-9-19(29)24(23)32-25(26)20(30)10-11-27(26,21(28)16-18)33-22(31)15-17-6-4-3-5-7-17/h2-9,13,21,25,29H,10-12,14-16H2,1H3/b13-2+/t21?,25-,26-,27+/m0/s1. The molecule has 1 N–H and O–H groups in total. The maximum absolute atomic E-state index is 13.4. The van der Waals surface area contributed by atoms with Gasteiger partial charge in [-0.2, -0.15) is 0 Å². The van der Waals surface area contributed by atoms with Gasteiger partial charge in [-0.15, -0.1) is 0 Å². The Morgan fingerprint density at radius 3 is 2.85 bits per heavy atom. The summed E-state index contributed by atoms with van der Waals surface area (Å²) >= 11 is 0. The van der Waals surface area contributed by atoms with Crippen molar-refractivity contribution in [1.82, 2.24) is 4.90 Å². The van der Waals surface area contributed by atoms with Crippen LogP contribution >= 0.6 is 0 Å². The number of Topliss-reactive ketones (excluding diaryl/α,β-unsaturated/α-hetero) is 1. The molecule has 2 aliphatic carbocycles. The molecule has 4 atom stereocenters. The van der Waals surface area contributed by atoms with E-state index < -0.39 is 17.1 Å². The van der Waals surface area contributed by atoms with E-state index in [2.05, 4.69) is 11.1 Å². The van der Waals surface area contributed by atoms with Crippen LogP contribution in [0.3, 0.4) is 0 Å². The average molecular weight is 446 g/mol. The van der Waals surface area contributed by atoms with E-state index in [4.69, 9.17) is 9.47 Å². The zero-order valence-electron chi connectivity index (χ0n) is 18.6. The van der Waals surface area contributed by atoms with E-state index in [0.717, 1.165) is 23.2 Å². The molecule has 170 valence electrons. The molecule has 2 aliphatic heterocycles. The number of phenols is 1. The molecule has 4 aliphatic rings. The van der Waals surface area contributed by atoms with Crippen LogP contribution in [-0.4, -0.2) is 46.1 Å². The maximum Gasteiger partial charge on any atom is 0.310 e. The lowest BCUT2D eigenvalue weighted by molar-refractivity contribution is -0.211. The summed E-state index contributed by atoms with van der Waals surface area (Å²) in [6.07, 6.45) is 5.53. The Bertz CT molecular complexity index is 1170. The third kappa shape index (κ3) is 2.61. The van der Waals surface area contributed by atoms with Crippen molar-refractivity contribution in [2.75, 3.05) is 6.54 Å². The SMILES string of the molecule is C/C=C/N1CC[C@]23c4c5ccc(O)c4O[C@H]2C(=O)CC[C@@]3(OC(=O)Cc2ccccc2)C1C5. The average Bonchev–Trinajstić information content (AvgIpc) is 3.16. The second kappa shape index (κ2) is 7.11. The molecule has 2 aromatic carbocycles. The van der Waals surface area contributed by atoms with Crippen molar-refractivity contribution >= 4 is 11.8 Å². The molecule has 2 bridgehead atoms. The summed E-state index contributed by atoms with van der Waals surface area (Å²) < 4.78 is 12.8. The van der Waals surface area contributed by atoms with E-state index in [-0.39, 0.29) is 36.4 Å². The molecule has 6 rings (SSSR count). The minimum Gasteiger partial charge on any atom is -0.504 e. The van der Waals surface area contributed by atoms with Gasteiger partial charge in [0, 0.05) is 18.5 Å². The van der Waals surface area contributed by atoms with Gasteiger partial charge in [-0.3, -0.25) is 9.59 Å². The van der Waals surface area contributed by atoms with Gasteiger partial charge in [-0.25, -0.2) is 0 Å². The summed E-state index contributed by atoms with van der Waals surface area (Å²) in [6.45, 7) is 2.71. The van der Waals surface area contributed by atoms with E-state index in [1.165, 1.54) is 0 Å². The Kier molecular flexibility index (Phi) is 4.38. The second-order valence-electron chi connectivity index (χ2n) is 9.60. The van der Waals surface area contributed by atoms with Crippen LogP contribution in [0.1, 0.15) is 42.9 Å². The van der Waals surface area contributed by atoms with Crippen molar-refractivity contribution in [2.24, 2.45) is 0 Å². The van der Waals surface area contributed by atoms with E-state index in [1.54, 1.807) is 6.07 Å². The lowest BCUT2D eigenvalue weighted by Crippen LogP contribution is -2.77. The number of phenolic OH excluding ortho intramolecular Hbond substituents is 1. The third-order valence-electron chi connectivity index (χ3n) is 8.09. The fourth-order valence-electron chi connectivity index (χ4n) is 6.91. The van der Waals surface area contributed by atoms with Gasteiger partial charge in [0.15, 0.2) is 23.4 Å². The van der Waals surface area contributed by atoms with Crippen LogP contribution in [0.4, 0.5) is 0 Å². The van der Waals surface area contributed by atoms with Crippen LogP contribution in [0.25, 0.3) is 0 Å². The number of esters is 1. The molecule has 6 heteroatoms. The molecular weight excluding hydrogens is 418 g/mol. The molecule has 0 radical (unpaired) electrons. The van der Waals surface area contributed by atoms with Gasteiger partial charge in [0.2, 0.25) is 0 Å². The van der Waals surface area contributed by atoms with Crippen LogP contribution in [-0.2, 0) is 32.6 Å². The molecular formula is C27H27NO5. The van der Waals surface area contributed by atoms with Crippen LogP contribution in [0.2, 0.25) is 0 Å². The summed E-state index contributed by atoms with van der Waals surface area (Å²) in [5.41, 5.74) is 1.16. The molecule has 1 saturated carbocycles. The molecule has 0 amide bonds. The van der Waals surface area contributed by atoms with Crippen LogP contribution in [0, 0.1) is 0 Å². The number of aromatic hydroxyl groups is 1. The molecule has 1 spiro atoms. The number of piperidine rings is 1. The van der Waals surface area contributed by atoms with Crippen molar-refractivity contribution in [1.29, 1.82) is 0 Å². The molecule has 1 saturated heterocycles. The highest BCUT2D eigenvalue weighted by molar-refractivity contribution is 5.90. The predicted octanol–water partition coefficient (Wildman–Crippen LogP) is 3.44. The number of ketones is 1. The topological polar surface area (TPSA) is 76.1 Å². The van der Waals surface area contributed by atoms with E-state index in [0.29, 0.717) is 25.0 Å². The lowest BCUT2D eigenvalue weighted by Gasteiger charge is -2.63. The molecule has 2 aromatic rings. The van der Waals surface area contributed by atoms with Crippen molar-refractivity contribution in [3.8, 4) is 11.5 Å². The van der Waals surface area contributed by atoms with Crippen molar-refractivity contribution < 1.29 is 24.2 Å². The summed E-state index contributed by atoms with van der Waals surface area (Å²) in [5.74, 6) is 0.169. The van der Waals surface area contributed by atoms with Crippen LogP contribution in [0.5, 0.6) is 11.5 Å². The summed E-state index contributed by atoms with van der Waals surface area (Å²) in [7, 11) is 0. The lowest BCUT2D eigenvalue weighted by atomic mass is 9.49. The minimum atomic E-state index is -0.902. The molecule has 0 aromatic heterocycles.